The number of rotatable bonds is 7. The lowest BCUT2D eigenvalue weighted by Crippen LogP contribution is -2.52. The first-order valence-corrected chi connectivity index (χ1v) is 11.2. The molecule has 2 aromatic rings. The molecule has 1 aliphatic carbocycles. The third-order valence-electron chi connectivity index (χ3n) is 6.41. The highest BCUT2D eigenvalue weighted by Gasteiger charge is 2.38. The van der Waals surface area contributed by atoms with Crippen LogP contribution in [-0.2, 0) is 6.54 Å². The predicted octanol–water partition coefficient (Wildman–Crippen LogP) is 3.82. The van der Waals surface area contributed by atoms with Crippen molar-refractivity contribution >= 4 is 29.9 Å². The number of benzene rings is 2. The van der Waals surface area contributed by atoms with Gasteiger partial charge in [-0.05, 0) is 41.5 Å². The summed E-state index contributed by atoms with van der Waals surface area (Å²) in [6.45, 7) is 5.93. The molecule has 174 valence electrons. The topological polar surface area (TPSA) is 49.3 Å². The smallest absolute Gasteiger partial charge is 0.193 e. The molecule has 2 atom stereocenters. The Hall–Kier alpha value is -2.00. The summed E-state index contributed by atoms with van der Waals surface area (Å²) in [7, 11) is 5.24. The molecule has 7 heteroatoms. The van der Waals surface area contributed by atoms with Crippen molar-refractivity contribution in [1.82, 2.24) is 15.1 Å². The Labute approximate surface area is 209 Å². The second-order valence-corrected chi connectivity index (χ2v) is 8.39. The van der Waals surface area contributed by atoms with Crippen LogP contribution in [0.5, 0.6) is 11.5 Å². The van der Waals surface area contributed by atoms with Crippen molar-refractivity contribution in [3.63, 3.8) is 0 Å². The molecule has 1 aliphatic heterocycles. The van der Waals surface area contributed by atoms with E-state index in [4.69, 9.17) is 9.47 Å². The molecule has 32 heavy (non-hydrogen) atoms. The predicted molar refractivity (Wildman–Crippen MR) is 140 cm³/mol. The summed E-state index contributed by atoms with van der Waals surface area (Å²) < 4.78 is 10.8. The standard InChI is InChI=1S/C25H34N4O2.HI/c1-26-25(27-17-21-16-22(21)20-7-5-4-6-8-20)29-13-11-28(12-14-29)18-19-9-10-23(30-2)24(15-19)31-3;/h4-10,15,21-22H,11-14,16-18H2,1-3H3,(H,26,27);1H. The van der Waals surface area contributed by atoms with Crippen molar-refractivity contribution in [2.75, 3.05) is 54.0 Å². The van der Waals surface area contributed by atoms with E-state index in [0.29, 0.717) is 11.8 Å². The minimum Gasteiger partial charge on any atom is -0.493 e. The fraction of sp³-hybridized carbons (Fsp3) is 0.480. The number of hydrogen-bond acceptors (Lipinski definition) is 4. The Balaban J connectivity index is 0.00000289. The van der Waals surface area contributed by atoms with Gasteiger partial charge < -0.3 is 19.7 Å². The summed E-state index contributed by atoms with van der Waals surface area (Å²) in [5, 5.41) is 3.62. The summed E-state index contributed by atoms with van der Waals surface area (Å²) >= 11 is 0. The normalized spacial score (nSPS) is 21.0. The number of halogens is 1. The fourth-order valence-electron chi connectivity index (χ4n) is 4.49. The minimum atomic E-state index is 0. The molecular formula is C25H35IN4O2. The number of piperazine rings is 1. The number of guanidine groups is 1. The van der Waals surface area contributed by atoms with Crippen molar-refractivity contribution < 1.29 is 9.47 Å². The summed E-state index contributed by atoms with van der Waals surface area (Å²) in [6.07, 6.45) is 1.27. The van der Waals surface area contributed by atoms with Gasteiger partial charge in [0.15, 0.2) is 17.5 Å². The van der Waals surface area contributed by atoms with Crippen LogP contribution < -0.4 is 14.8 Å². The molecule has 2 fully saturated rings. The van der Waals surface area contributed by atoms with Crippen LogP contribution in [0.2, 0.25) is 0 Å². The average Bonchev–Trinajstić information content (AvgIpc) is 3.60. The van der Waals surface area contributed by atoms with Gasteiger partial charge in [0.25, 0.3) is 0 Å². The van der Waals surface area contributed by atoms with Crippen molar-refractivity contribution in [3.05, 3.63) is 59.7 Å². The lowest BCUT2D eigenvalue weighted by Gasteiger charge is -2.36. The van der Waals surface area contributed by atoms with Gasteiger partial charge in [0.2, 0.25) is 0 Å². The molecule has 1 heterocycles. The maximum absolute atomic E-state index is 5.44. The van der Waals surface area contributed by atoms with Gasteiger partial charge in [-0.2, -0.15) is 0 Å². The first-order valence-electron chi connectivity index (χ1n) is 11.2. The second-order valence-electron chi connectivity index (χ2n) is 8.39. The molecule has 1 saturated carbocycles. The highest BCUT2D eigenvalue weighted by molar-refractivity contribution is 14.0. The Morgan fingerprint density at radius 3 is 2.38 bits per heavy atom. The first kappa shape index (κ1) is 24.6. The summed E-state index contributed by atoms with van der Waals surface area (Å²) in [4.78, 5) is 9.41. The van der Waals surface area contributed by atoms with Crippen molar-refractivity contribution in [2.45, 2.75) is 18.9 Å². The fourth-order valence-corrected chi connectivity index (χ4v) is 4.49. The monoisotopic (exact) mass is 550 g/mol. The zero-order valence-corrected chi connectivity index (χ0v) is 21.6. The molecule has 1 saturated heterocycles. The number of hydrogen-bond donors (Lipinski definition) is 1. The molecular weight excluding hydrogens is 515 g/mol. The van der Waals surface area contributed by atoms with Crippen LogP contribution in [0.1, 0.15) is 23.5 Å². The number of nitrogens with zero attached hydrogens (tertiary/aromatic N) is 3. The molecule has 0 radical (unpaired) electrons. The maximum atomic E-state index is 5.44. The van der Waals surface area contributed by atoms with Crippen LogP contribution in [0.25, 0.3) is 0 Å². The Bertz CT molecular complexity index is 885. The zero-order chi connectivity index (χ0) is 21.6. The molecule has 0 spiro atoms. The van der Waals surface area contributed by atoms with E-state index < -0.39 is 0 Å². The van der Waals surface area contributed by atoms with Gasteiger partial charge in [0, 0.05) is 46.3 Å². The first-order chi connectivity index (χ1) is 15.2. The third-order valence-corrected chi connectivity index (χ3v) is 6.41. The molecule has 1 N–H and O–H groups in total. The van der Waals surface area contributed by atoms with E-state index in [1.165, 1.54) is 17.5 Å². The van der Waals surface area contributed by atoms with Gasteiger partial charge in [-0.25, -0.2) is 0 Å². The quantitative estimate of drug-likeness (QED) is 0.323. The number of ether oxygens (including phenoxy) is 2. The molecule has 0 amide bonds. The largest absolute Gasteiger partial charge is 0.493 e. The summed E-state index contributed by atoms with van der Waals surface area (Å²) in [6, 6.07) is 17.0. The van der Waals surface area contributed by atoms with Gasteiger partial charge in [-0.3, -0.25) is 9.89 Å². The average molecular weight is 550 g/mol. The van der Waals surface area contributed by atoms with Crippen LogP contribution in [0.3, 0.4) is 0 Å². The van der Waals surface area contributed by atoms with Crippen LogP contribution in [-0.4, -0.2) is 69.8 Å². The van der Waals surface area contributed by atoms with Gasteiger partial charge in [-0.1, -0.05) is 36.4 Å². The minimum absolute atomic E-state index is 0. The molecule has 4 rings (SSSR count). The van der Waals surface area contributed by atoms with Gasteiger partial charge in [-0.15, -0.1) is 24.0 Å². The highest BCUT2D eigenvalue weighted by atomic mass is 127. The van der Waals surface area contributed by atoms with Gasteiger partial charge in [0.1, 0.15) is 0 Å². The molecule has 0 aromatic heterocycles. The Morgan fingerprint density at radius 2 is 1.72 bits per heavy atom. The SMILES string of the molecule is CN=C(NCC1CC1c1ccccc1)N1CCN(Cc2ccc(OC)c(OC)c2)CC1.I. The van der Waals surface area contributed by atoms with E-state index in [2.05, 4.69) is 62.6 Å². The van der Waals surface area contributed by atoms with Crippen molar-refractivity contribution in [2.24, 2.45) is 10.9 Å². The number of nitrogens with one attached hydrogen (secondary N) is 1. The number of aliphatic imine (C=N–C) groups is 1. The second kappa shape index (κ2) is 11.7. The summed E-state index contributed by atoms with van der Waals surface area (Å²) in [5.41, 5.74) is 2.71. The molecule has 6 nitrogen and oxygen atoms in total. The van der Waals surface area contributed by atoms with E-state index in [-0.39, 0.29) is 24.0 Å². The van der Waals surface area contributed by atoms with Crippen LogP contribution in [0.4, 0.5) is 0 Å². The van der Waals surface area contributed by atoms with Crippen LogP contribution in [0, 0.1) is 5.92 Å². The lowest BCUT2D eigenvalue weighted by atomic mass is 10.1. The van der Waals surface area contributed by atoms with Crippen LogP contribution >= 0.6 is 24.0 Å². The molecule has 2 unspecified atom stereocenters. The third kappa shape index (κ3) is 6.07. The number of methoxy groups -OCH3 is 2. The zero-order valence-electron chi connectivity index (χ0n) is 19.3. The Kier molecular flexibility index (Phi) is 9.04. The molecule has 2 aromatic carbocycles. The highest BCUT2D eigenvalue weighted by Crippen LogP contribution is 2.46. The van der Waals surface area contributed by atoms with Gasteiger partial charge in [0.05, 0.1) is 14.2 Å². The van der Waals surface area contributed by atoms with Crippen LogP contribution in [0.15, 0.2) is 53.5 Å². The molecule has 2 aliphatic rings. The van der Waals surface area contributed by atoms with E-state index in [9.17, 15) is 0 Å². The Morgan fingerprint density at radius 1 is 1.00 bits per heavy atom. The lowest BCUT2D eigenvalue weighted by molar-refractivity contribution is 0.172. The van der Waals surface area contributed by atoms with Gasteiger partial charge >= 0.3 is 0 Å². The van der Waals surface area contributed by atoms with E-state index in [1.807, 2.05) is 13.1 Å². The molecule has 0 bridgehead atoms. The van der Waals surface area contributed by atoms with Crippen molar-refractivity contribution in [1.29, 1.82) is 0 Å². The van der Waals surface area contributed by atoms with E-state index in [1.54, 1.807) is 14.2 Å². The summed E-state index contributed by atoms with van der Waals surface area (Å²) in [5.74, 6) is 4.01. The maximum Gasteiger partial charge on any atom is 0.193 e. The van der Waals surface area contributed by atoms with E-state index >= 15 is 0 Å². The van der Waals surface area contributed by atoms with Crippen molar-refractivity contribution in [3.8, 4) is 11.5 Å². The van der Waals surface area contributed by atoms with E-state index in [0.717, 1.165) is 56.7 Å².